The summed E-state index contributed by atoms with van der Waals surface area (Å²) in [6, 6.07) is 14.8. The maximum atomic E-state index is 10.8. The number of thiophene rings is 1. The highest BCUT2D eigenvalue weighted by Crippen LogP contribution is 2.28. The fourth-order valence-corrected chi connectivity index (χ4v) is 4.12. The summed E-state index contributed by atoms with van der Waals surface area (Å²) in [5, 5.41) is 11.0. The van der Waals surface area contributed by atoms with E-state index in [4.69, 9.17) is 5.11 Å². The molecule has 0 amide bonds. The van der Waals surface area contributed by atoms with E-state index in [1.54, 1.807) is 11.3 Å². The second kappa shape index (κ2) is 8.27. The average molecular weight is 341 g/mol. The maximum Gasteiger partial charge on any atom is 0.303 e. The Hall–Kier alpha value is -1.91. The zero-order chi connectivity index (χ0) is 16.8. The fourth-order valence-electron chi connectivity index (χ4n) is 3.33. The Morgan fingerprint density at radius 3 is 2.79 bits per heavy atom. The highest BCUT2D eigenvalue weighted by molar-refractivity contribution is 7.11. The van der Waals surface area contributed by atoms with Crippen LogP contribution in [0.25, 0.3) is 5.57 Å². The Morgan fingerprint density at radius 2 is 2.08 bits per heavy atom. The first-order valence-electron chi connectivity index (χ1n) is 8.46. The molecule has 126 valence electrons. The molecule has 2 heterocycles. The molecule has 0 aliphatic carbocycles. The summed E-state index contributed by atoms with van der Waals surface area (Å²) >= 11 is 1.77. The quantitative estimate of drug-likeness (QED) is 0.813. The standard InChI is InChI=1S/C20H23NO2S/c22-20(23)14-16-10-12-21(15-16)11-4-8-18(19-9-5-13-24-19)17-6-2-1-3-7-17/h1-3,5-9,13,16H,4,10-12,14-15H2,(H,22,23)/b18-8-. The number of hydrogen-bond donors (Lipinski definition) is 1. The van der Waals surface area contributed by atoms with Crippen LogP contribution in [0.1, 0.15) is 29.7 Å². The summed E-state index contributed by atoms with van der Waals surface area (Å²) in [5.74, 6) is -0.358. The normalized spacial score (nSPS) is 18.8. The van der Waals surface area contributed by atoms with Crippen molar-refractivity contribution in [1.82, 2.24) is 4.90 Å². The molecule has 3 rings (SSSR count). The zero-order valence-electron chi connectivity index (χ0n) is 13.7. The Labute approximate surface area is 147 Å². The number of aliphatic carboxylic acids is 1. The van der Waals surface area contributed by atoms with Gasteiger partial charge in [0.15, 0.2) is 0 Å². The lowest BCUT2D eigenvalue weighted by Crippen LogP contribution is -2.22. The second-order valence-electron chi connectivity index (χ2n) is 6.30. The van der Waals surface area contributed by atoms with Gasteiger partial charge in [-0.3, -0.25) is 4.79 Å². The number of rotatable bonds is 7. The molecule has 1 aromatic carbocycles. The molecule has 1 fully saturated rings. The molecule has 1 aliphatic heterocycles. The SMILES string of the molecule is O=C(O)CC1CCN(CC/C=C(/c2ccccc2)c2cccs2)C1. The number of carboxylic acids is 1. The predicted molar refractivity (Wildman–Crippen MR) is 99.3 cm³/mol. The number of likely N-dealkylation sites (tertiary alicyclic amines) is 1. The van der Waals surface area contributed by atoms with Gasteiger partial charge >= 0.3 is 5.97 Å². The van der Waals surface area contributed by atoms with Gasteiger partial charge in [-0.25, -0.2) is 0 Å². The van der Waals surface area contributed by atoms with Gasteiger partial charge in [0.25, 0.3) is 0 Å². The fraction of sp³-hybridized carbons (Fsp3) is 0.350. The van der Waals surface area contributed by atoms with Gasteiger partial charge in [-0.05, 0) is 47.9 Å². The molecular weight excluding hydrogens is 318 g/mol. The minimum absolute atomic E-state index is 0.302. The average Bonchev–Trinajstić information content (AvgIpc) is 3.24. The van der Waals surface area contributed by atoms with Crippen LogP contribution in [-0.4, -0.2) is 35.6 Å². The Balaban J connectivity index is 1.62. The summed E-state index contributed by atoms with van der Waals surface area (Å²) in [7, 11) is 0. The van der Waals surface area contributed by atoms with Crippen molar-refractivity contribution in [2.24, 2.45) is 5.92 Å². The van der Waals surface area contributed by atoms with E-state index < -0.39 is 5.97 Å². The highest BCUT2D eigenvalue weighted by Gasteiger charge is 2.23. The lowest BCUT2D eigenvalue weighted by molar-refractivity contribution is -0.138. The maximum absolute atomic E-state index is 10.8. The third-order valence-corrected chi connectivity index (χ3v) is 5.40. The molecule has 3 nitrogen and oxygen atoms in total. The largest absolute Gasteiger partial charge is 0.481 e. The van der Waals surface area contributed by atoms with Gasteiger partial charge in [-0.2, -0.15) is 0 Å². The first-order chi connectivity index (χ1) is 11.7. The third-order valence-electron chi connectivity index (χ3n) is 4.50. The summed E-state index contributed by atoms with van der Waals surface area (Å²) < 4.78 is 0. The van der Waals surface area contributed by atoms with Crippen LogP contribution in [0, 0.1) is 5.92 Å². The van der Waals surface area contributed by atoms with Crippen molar-refractivity contribution in [3.8, 4) is 0 Å². The molecule has 4 heteroatoms. The van der Waals surface area contributed by atoms with Gasteiger partial charge in [0.05, 0.1) is 0 Å². The zero-order valence-corrected chi connectivity index (χ0v) is 14.5. The van der Waals surface area contributed by atoms with Crippen molar-refractivity contribution in [2.75, 3.05) is 19.6 Å². The van der Waals surface area contributed by atoms with Crippen LogP contribution >= 0.6 is 11.3 Å². The van der Waals surface area contributed by atoms with Crippen molar-refractivity contribution < 1.29 is 9.90 Å². The Kier molecular flexibility index (Phi) is 5.83. The lowest BCUT2D eigenvalue weighted by atomic mass is 10.0. The van der Waals surface area contributed by atoms with E-state index in [9.17, 15) is 4.79 Å². The van der Waals surface area contributed by atoms with Gasteiger partial charge in [0.1, 0.15) is 0 Å². The molecule has 0 radical (unpaired) electrons. The molecule has 0 bridgehead atoms. The molecule has 1 unspecified atom stereocenters. The molecular formula is C20H23NO2S. The van der Waals surface area contributed by atoms with Crippen molar-refractivity contribution >= 4 is 22.9 Å². The van der Waals surface area contributed by atoms with Crippen LogP contribution in [0.15, 0.2) is 53.9 Å². The van der Waals surface area contributed by atoms with E-state index in [1.165, 1.54) is 16.0 Å². The summed E-state index contributed by atoms with van der Waals surface area (Å²) in [6.45, 7) is 2.93. The van der Waals surface area contributed by atoms with Gasteiger partial charge in [-0.1, -0.05) is 42.5 Å². The smallest absolute Gasteiger partial charge is 0.303 e. The van der Waals surface area contributed by atoms with E-state index in [0.29, 0.717) is 12.3 Å². The summed E-state index contributed by atoms with van der Waals surface area (Å²) in [4.78, 5) is 14.5. The Bertz CT molecular complexity index is 679. The van der Waals surface area contributed by atoms with Gasteiger partial charge in [-0.15, -0.1) is 11.3 Å². The molecule has 24 heavy (non-hydrogen) atoms. The van der Waals surface area contributed by atoms with Gasteiger partial charge < -0.3 is 10.0 Å². The van der Waals surface area contributed by atoms with E-state index in [2.05, 4.69) is 52.8 Å². The number of hydrogen-bond acceptors (Lipinski definition) is 3. The van der Waals surface area contributed by atoms with Crippen molar-refractivity contribution in [3.63, 3.8) is 0 Å². The molecule has 1 aromatic heterocycles. The molecule has 1 atom stereocenters. The minimum atomic E-state index is -0.675. The molecule has 2 aromatic rings. The monoisotopic (exact) mass is 341 g/mol. The van der Waals surface area contributed by atoms with E-state index >= 15 is 0 Å². The van der Waals surface area contributed by atoms with Gasteiger partial charge in [0, 0.05) is 24.4 Å². The van der Waals surface area contributed by atoms with Crippen molar-refractivity contribution in [2.45, 2.75) is 19.3 Å². The van der Waals surface area contributed by atoms with E-state index in [1.807, 2.05) is 6.07 Å². The molecule has 1 aliphatic rings. The van der Waals surface area contributed by atoms with Crippen LogP contribution in [0.3, 0.4) is 0 Å². The number of carboxylic acid groups (broad SMARTS) is 1. The van der Waals surface area contributed by atoms with Crippen LogP contribution < -0.4 is 0 Å². The lowest BCUT2D eigenvalue weighted by Gasteiger charge is -2.15. The summed E-state index contributed by atoms with van der Waals surface area (Å²) in [6.07, 6.45) is 4.62. The van der Waals surface area contributed by atoms with Crippen LogP contribution in [-0.2, 0) is 4.79 Å². The number of carbonyl (C=O) groups is 1. The number of benzene rings is 1. The first-order valence-corrected chi connectivity index (χ1v) is 9.34. The summed E-state index contributed by atoms with van der Waals surface area (Å²) in [5.41, 5.74) is 2.55. The first kappa shape index (κ1) is 16.9. The predicted octanol–water partition coefficient (Wildman–Crippen LogP) is 4.37. The Morgan fingerprint density at radius 1 is 1.25 bits per heavy atom. The highest BCUT2D eigenvalue weighted by atomic mass is 32.1. The third kappa shape index (κ3) is 4.56. The van der Waals surface area contributed by atoms with Gasteiger partial charge in [0.2, 0.25) is 0 Å². The topological polar surface area (TPSA) is 40.5 Å². The number of nitrogens with zero attached hydrogens (tertiary/aromatic N) is 1. The van der Waals surface area contributed by atoms with Crippen LogP contribution in [0.5, 0.6) is 0 Å². The van der Waals surface area contributed by atoms with Crippen molar-refractivity contribution in [3.05, 3.63) is 64.4 Å². The van der Waals surface area contributed by atoms with E-state index in [0.717, 1.165) is 32.5 Å². The molecule has 1 saturated heterocycles. The second-order valence-corrected chi connectivity index (χ2v) is 7.25. The molecule has 1 N–H and O–H groups in total. The molecule has 0 saturated carbocycles. The van der Waals surface area contributed by atoms with Crippen LogP contribution in [0.2, 0.25) is 0 Å². The van der Waals surface area contributed by atoms with E-state index in [-0.39, 0.29) is 0 Å². The molecule has 0 spiro atoms. The van der Waals surface area contributed by atoms with Crippen LogP contribution in [0.4, 0.5) is 0 Å². The van der Waals surface area contributed by atoms with Crippen molar-refractivity contribution in [1.29, 1.82) is 0 Å². The minimum Gasteiger partial charge on any atom is -0.481 e.